The molecule has 0 unspecified atom stereocenters. The molecule has 0 radical (unpaired) electrons. The monoisotopic (exact) mass is 275 g/mol. The topological polar surface area (TPSA) is 49.3 Å². The maximum absolute atomic E-state index is 11.3. The van der Waals surface area contributed by atoms with E-state index in [1.807, 2.05) is 26.0 Å². The average Bonchev–Trinajstić information content (AvgIpc) is 2.70. The van der Waals surface area contributed by atoms with E-state index in [2.05, 4.69) is 5.32 Å². The molecule has 0 saturated carbocycles. The number of hydrogen-bond donors (Lipinski definition) is 2. The second kappa shape index (κ2) is 6.38. The summed E-state index contributed by atoms with van der Waals surface area (Å²) in [5.74, 6) is -0.723. The molecule has 0 saturated heterocycles. The molecule has 17 heavy (non-hydrogen) atoms. The molecule has 0 aromatic carbocycles. The summed E-state index contributed by atoms with van der Waals surface area (Å²) < 4.78 is 0.761. The Labute approximate surface area is 111 Å². The second-order valence-electron chi connectivity index (χ2n) is 4.10. The Morgan fingerprint density at radius 3 is 2.53 bits per heavy atom. The van der Waals surface area contributed by atoms with Crippen LogP contribution >= 0.6 is 22.9 Å². The third-order valence-corrected chi connectivity index (χ3v) is 4.43. The van der Waals surface area contributed by atoms with Gasteiger partial charge in [-0.15, -0.1) is 11.3 Å². The van der Waals surface area contributed by atoms with Crippen LogP contribution in [0.5, 0.6) is 0 Å². The average molecular weight is 276 g/mol. The summed E-state index contributed by atoms with van der Waals surface area (Å²) in [7, 11) is 0. The first-order valence-corrected chi connectivity index (χ1v) is 6.92. The van der Waals surface area contributed by atoms with E-state index in [1.54, 1.807) is 0 Å². The van der Waals surface area contributed by atoms with E-state index in [4.69, 9.17) is 11.6 Å². The SMILES string of the molecule is CCC(CC)(CNCc1ccc(Cl)s1)C(=O)O. The lowest BCUT2D eigenvalue weighted by Gasteiger charge is -2.26. The third-order valence-electron chi connectivity index (χ3n) is 3.20. The minimum absolute atomic E-state index is 0.491. The minimum Gasteiger partial charge on any atom is -0.481 e. The molecule has 2 N–H and O–H groups in total. The molecule has 1 rings (SSSR count). The summed E-state index contributed by atoms with van der Waals surface area (Å²) >= 11 is 7.35. The maximum Gasteiger partial charge on any atom is 0.310 e. The lowest BCUT2D eigenvalue weighted by atomic mass is 9.82. The van der Waals surface area contributed by atoms with E-state index in [1.165, 1.54) is 11.3 Å². The van der Waals surface area contributed by atoms with E-state index >= 15 is 0 Å². The van der Waals surface area contributed by atoms with E-state index < -0.39 is 11.4 Å². The van der Waals surface area contributed by atoms with Gasteiger partial charge in [-0.05, 0) is 25.0 Å². The fourth-order valence-corrected chi connectivity index (χ4v) is 2.81. The second-order valence-corrected chi connectivity index (χ2v) is 5.90. The first-order chi connectivity index (χ1) is 8.04. The molecule has 3 nitrogen and oxygen atoms in total. The van der Waals surface area contributed by atoms with Crippen LogP contribution < -0.4 is 5.32 Å². The number of carbonyl (C=O) groups is 1. The largest absolute Gasteiger partial charge is 0.481 e. The highest BCUT2D eigenvalue weighted by atomic mass is 35.5. The summed E-state index contributed by atoms with van der Waals surface area (Å²) in [5, 5.41) is 12.5. The fourth-order valence-electron chi connectivity index (χ4n) is 1.75. The van der Waals surface area contributed by atoms with Crippen LogP contribution in [0.2, 0.25) is 4.34 Å². The predicted octanol–water partition coefficient (Wildman–Crippen LogP) is 3.38. The third kappa shape index (κ3) is 3.69. The van der Waals surface area contributed by atoms with Gasteiger partial charge in [-0.1, -0.05) is 25.4 Å². The highest BCUT2D eigenvalue weighted by Crippen LogP contribution is 2.26. The first-order valence-electron chi connectivity index (χ1n) is 5.72. The van der Waals surface area contributed by atoms with Crippen LogP contribution in [0.15, 0.2) is 12.1 Å². The fraction of sp³-hybridized carbons (Fsp3) is 0.583. The lowest BCUT2D eigenvalue weighted by molar-refractivity contribution is -0.149. The van der Waals surface area contributed by atoms with Crippen LogP contribution in [0.1, 0.15) is 31.6 Å². The smallest absolute Gasteiger partial charge is 0.310 e. The molecule has 0 fully saturated rings. The standard InChI is InChI=1S/C12H18ClNO2S/c1-3-12(4-2,11(15)16)8-14-7-9-5-6-10(13)17-9/h5-6,14H,3-4,7-8H2,1-2H3,(H,15,16). The molecule has 0 bridgehead atoms. The van der Waals surface area contributed by atoms with Crippen molar-refractivity contribution in [3.63, 3.8) is 0 Å². The van der Waals surface area contributed by atoms with Crippen LogP contribution in [0.4, 0.5) is 0 Å². The van der Waals surface area contributed by atoms with Gasteiger partial charge in [-0.25, -0.2) is 0 Å². The molecular formula is C12H18ClNO2S. The Morgan fingerprint density at radius 2 is 2.12 bits per heavy atom. The number of thiophene rings is 1. The Hall–Kier alpha value is -0.580. The number of aliphatic carboxylic acids is 1. The number of carboxylic acids is 1. The molecule has 1 aromatic rings. The van der Waals surface area contributed by atoms with Crippen molar-refractivity contribution < 1.29 is 9.90 Å². The molecular weight excluding hydrogens is 258 g/mol. The van der Waals surface area contributed by atoms with Crippen LogP contribution in [-0.2, 0) is 11.3 Å². The lowest BCUT2D eigenvalue weighted by Crippen LogP contribution is -2.39. The molecule has 96 valence electrons. The Morgan fingerprint density at radius 1 is 1.47 bits per heavy atom. The number of nitrogens with one attached hydrogen (secondary N) is 1. The van der Waals surface area contributed by atoms with Gasteiger partial charge in [0.25, 0.3) is 0 Å². The Kier molecular flexibility index (Phi) is 5.43. The van der Waals surface area contributed by atoms with E-state index in [0.29, 0.717) is 25.9 Å². The highest BCUT2D eigenvalue weighted by molar-refractivity contribution is 7.16. The Balaban J connectivity index is 2.50. The van der Waals surface area contributed by atoms with Gasteiger partial charge < -0.3 is 10.4 Å². The molecule has 0 amide bonds. The van der Waals surface area contributed by atoms with Crippen molar-refractivity contribution in [3.8, 4) is 0 Å². The normalized spacial score (nSPS) is 11.7. The van der Waals surface area contributed by atoms with Gasteiger partial charge in [0.05, 0.1) is 9.75 Å². The van der Waals surface area contributed by atoms with Crippen LogP contribution in [0, 0.1) is 5.41 Å². The summed E-state index contributed by atoms with van der Waals surface area (Å²) in [6.07, 6.45) is 1.27. The van der Waals surface area contributed by atoms with Crippen LogP contribution in [0.3, 0.4) is 0 Å². The quantitative estimate of drug-likeness (QED) is 0.802. The van der Waals surface area contributed by atoms with Gasteiger partial charge >= 0.3 is 5.97 Å². The van der Waals surface area contributed by atoms with Crippen molar-refractivity contribution in [2.45, 2.75) is 33.2 Å². The summed E-state index contributed by atoms with van der Waals surface area (Å²) in [6.45, 7) is 5.00. The van der Waals surface area contributed by atoms with Crippen molar-refractivity contribution in [1.82, 2.24) is 5.32 Å². The zero-order chi connectivity index (χ0) is 12.9. The maximum atomic E-state index is 11.3. The van der Waals surface area contributed by atoms with Gasteiger partial charge in [0, 0.05) is 18.0 Å². The predicted molar refractivity (Wildman–Crippen MR) is 71.7 cm³/mol. The Bertz CT molecular complexity index is 374. The molecule has 0 spiro atoms. The van der Waals surface area contributed by atoms with Gasteiger partial charge in [0.1, 0.15) is 0 Å². The zero-order valence-corrected chi connectivity index (χ0v) is 11.7. The summed E-state index contributed by atoms with van der Waals surface area (Å²) in [5.41, 5.74) is -0.652. The van der Waals surface area contributed by atoms with Crippen molar-refractivity contribution >= 4 is 28.9 Å². The summed E-state index contributed by atoms with van der Waals surface area (Å²) in [6, 6.07) is 3.81. The molecule has 1 aromatic heterocycles. The molecule has 0 aliphatic heterocycles. The van der Waals surface area contributed by atoms with Crippen LogP contribution in [0.25, 0.3) is 0 Å². The van der Waals surface area contributed by atoms with Gasteiger partial charge in [0.2, 0.25) is 0 Å². The van der Waals surface area contributed by atoms with Crippen molar-refractivity contribution in [2.75, 3.05) is 6.54 Å². The zero-order valence-electron chi connectivity index (χ0n) is 10.1. The number of halogens is 1. The van der Waals surface area contributed by atoms with E-state index in [-0.39, 0.29) is 0 Å². The van der Waals surface area contributed by atoms with Gasteiger partial charge in [-0.3, -0.25) is 4.79 Å². The van der Waals surface area contributed by atoms with Crippen molar-refractivity contribution in [3.05, 3.63) is 21.3 Å². The number of carboxylic acid groups (broad SMARTS) is 1. The molecule has 0 aliphatic rings. The van der Waals surface area contributed by atoms with Gasteiger partial charge in [0.15, 0.2) is 0 Å². The molecule has 1 heterocycles. The van der Waals surface area contributed by atoms with Crippen molar-refractivity contribution in [1.29, 1.82) is 0 Å². The minimum atomic E-state index is -0.723. The molecule has 5 heteroatoms. The highest BCUT2D eigenvalue weighted by Gasteiger charge is 2.34. The first kappa shape index (κ1) is 14.5. The number of hydrogen-bond acceptors (Lipinski definition) is 3. The van der Waals surface area contributed by atoms with Gasteiger partial charge in [-0.2, -0.15) is 0 Å². The molecule has 0 atom stereocenters. The van der Waals surface area contributed by atoms with Crippen LogP contribution in [-0.4, -0.2) is 17.6 Å². The van der Waals surface area contributed by atoms with E-state index in [0.717, 1.165) is 9.21 Å². The summed E-state index contributed by atoms with van der Waals surface area (Å²) in [4.78, 5) is 12.4. The van der Waals surface area contributed by atoms with E-state index in [9.17, 15) is 9.90 Å². The molecule has 0 aliphatic carbocycles. The van der Waals surface area contributed by atoms with Crippen molar-refractivity contribution in [2.24, 2.45) is 5.41 Å². The number of rotatable bonds is 7.